The van der Waals surface area contributed by atoms with Gasteiger partial charge in [-0.05, 0) is 18.2 Å². The Labute approximate surface area is 189 Å². The third-order valence-electron chi connectivity index (χ3n) is 5.00. The second kappa shape index (κ2) is 8.41. The van der Waals surface area contributed by atoms with Crippen LogP contribution in [0.2, 0.25) is 0 Å². The molecule has 9 nitrogen and oxygen atoms in total. The van der Waals surface area contributed by atoms with E-state index in [1.807, 2.05) is 60.7 Å². The molecule has 0 atom stereocenters. The molecule has 0 saturated heterocycles. The fourth-order valence-electron chi connectivity index (χ4n) is 3.33. The third kappa shape index (κ3) is 4.16. The van der Waals surface area contributed by atoms with Crippen molar-refractivity contribution in [2.24, 2.45) is 0 Å². The van der Waals surface area contributed by atoms with E-state index < -0.39 is 10.1 Å². The van der Waals surface area contributed by atoms with Gasteiger partial charge in [0.05, 0.1) is 12.0 Å². The molecule has 0 radical (unpaired) electrons. The molecule has 0 unspecified atom stereocenters. The zero-order valence-corrected chi connectivity index (χ0v) is 18.2. The van der Waals surface area contributed by atoms with Gasteiger partial charge in [-0.15, -0.1) is 0 Å². The summed E-state index contributed by atoms with van der Waals surface area (Å²) in [6.07, 6.45) is 0. The Bertz CT molecular complexity index is 1420. The van der Waals surface area contributed by atoms with Crippen LogP contribution in [0.3, 0.4) is 0 Å². The van der Waals surface area contributed by atoms with Gasteiger partial charge in [0, 0.05) is 22.3 Å². The van der Waals surface area contributed by atoms with Crippen molar-refractivity contribution in [1.29, 1.82) is 0 Å². The van der Waals surface area contributed by atoms with Gasteiger partial charge >= 0.3 is 0 Å². The van der Waals surface area contributed by atoms with Crippen LogP contribution in [0, 0.1) is 0 Å². The molecule has 164 valence electrons. The summed E-state index contributed by atoms with van der Waals surface area (Å²) >= 11 is 0. The first-order valence-electron chi connectivity index (χ1n) is 9.95. The number of nitrogens with zero attached hydrogens (tertiary/aromatic N) is 4. The van der Waals surface area contributed by atoms with E-state index >= 15 is 0 Å². The summed E-state index contributed by atoms with van der Waals surface area (Å²) in [7, 11) is -2.87. The predicted octanol–water partition coefficient (Wildman–Crippen LogP) is 3.93. The highest BCUT2D eigenvalue weighted by molar-refractivity contribution is 7.86. The second-order valence-corrected chi connectivity index (χ2v) is 8.83. The third-order valence-corrected chi connectivity index (χ3v) is 6.25. The second-order valence-electron chi connectivity index (χ2n) is 7.11. The van der Waals surface area contributed by atoms with Crippen molar-refractivity contribution in [2.45, 2.75) is 4.90 Å². The molecule has 5 rings (SSSR count). The minimum Gasteiger partial charge on any atom is -0.270 e. The van der Waals surface area contributed by atoms with Crippen LogP contribution in [0.1, 0.15) is 0 Å². The number of nitrogens with one attached hydrogen (secondary N) is 2. The van der Waals surface area contributed by atoms with Crippen molar-refractivity contribution in [3.8, 4) is 45.6 Å². The fourth-order valence-corrected chi connectivity index (χ4v) is 4.06. The zero-order valence-electron chi connectivity index (χ0n) is 17.4. The highest BCUT2D eigenvalue weighted by Crippen LogP contribution is 2.29. The molecule has 2 N–H and O–H groups in total. The Kier molecular flexibility index (Phi) is 5.29. The SMILES string of the molecule is COS(=O)(=O)c1cc(-c2n[nH]c(-c3ccccc3)n2)cc(-c2n[nH]c(-c3ccccc3)n2)c1. The van der Waals surface area contributed by atoms with Crippen LogP contribution in [-0.2, 0) is 14.3 Å². The lowest BCUT2D eigenvalue weighted by Gasteiger charge is -2.06. The summed E-state index contributed by atoms with van der Waals surface area (Å²) in [5.41, 5.74) is 2.68. The monoisotopic (exact) mass is 458 g/mol. The van der Waals surface area contributed by atoms with Crippen LogP contribution in [0.5, 0.6) is 0 Å². The lowest BCUT2D eigenvalue weighted by Crippen LogP contribution is -2.04. The Morgan fingerprint density at radius 1 is 0.667 bits per heavy atom. The highest BCUT2D eigenvalue weighted by atomic mass is 32.2. The van der Waals surface area contributed by atoms with E-state index in [9.17, 15) is 8.42 Å². The Morgan fingerprint density at radius 3 is 1.55 bits per heavy atom. The number of rotatable bonds is 6. The summed E-state index contributed by atoms with van der Waals surface area (Å²) in [6.45, 7) is 0. The van der Waals surface area contributed by atoms with Gasteiger partial charge in [0.15, 0.2) is 23.3 Å². The summed E-state index contributed by atoms with van der Waals surface area (Å²) in [5, 5.41) is 14.4. The van der Waals surface area contributed by atoms with Crippen LogP contribution in [-0.4, -0.2) is 45.9 Å². The van der Waals surface area contributed by atoms with Gasteiger partial charge in [0.2, 0.25) is 0 Å². The Balaban J connectivity index is 1.60. The highest BCUT2D eigenvalue weighted by Gasteiger charge is 2.20. The van der Waals surface area contributed by atoms with E-state index in [2.05, 4.69) is 30.4 Å². The van der Waals surface area contributed by atoms with Crippen molar-refractivity contribution in [1.82, 2.24) is 30.4 Å². The number of aromatic nitrogens is 6. The lowest BCUT2D eigenvalue weighted by molar-refractivity contribution is 0.398. The predicted molar refractivity (Wildman–Crippen MR) is 122 cm³/mol. The molecule has 3 aromatic carbocycles. The van der Waals surface area contributed by atoms with Gasteiger partial charge in [-0.25, -0.2) is 9.97 Å². The maximum absolute atomic E-state index is 12.5. The molecule has 5 aromatic rings. The van der Waals surface area contributed by atoms with E-state index in [0.717, 1.165) is 18.2 Å². The van der Waals surface area contributed by atoms with Crippen LogP contribution in [0.4, 0.5) is 0 Å². The normalized spacial score (nSPS) is 11.5. The van der Waals surface area contributed by atoms with Gasteiger partial charge < -0.3 is 0 Å². The van der Waals surface area contributed by atoms with Crippen molar-refractivity contribution in [2.75, 3.05) is 7.11 Å². The zero-order chi connectivity index (χ0) is 22.8. The van der Waals surface area contributed by atoms with Crippen LogP contribution in [0.25, 0.3) is 45.6 Å². The average Bonchev–Trinajstić information content (AvgIpc) is 3.56. The van der Waals surface area contributed by atoms with Gasteiger partial charge in [0.1, 0.15) is 0 Å². The van der Waals surface area contributed by atoms with Crippen molar-refractivity contribution in [3.05, 3.63) is 78.9 Å². The van der Waals surface area contributed by atoms with E-state index in [1.165, 1.54) is 12.1 Å². The molecule has 0 saturated carbocycles. The minimum atomic E-state index is -3.98. The first kappa shape index (κ1) is 20.7. The molecule has 33 heavy (non-hydrogen) atoms. The molecule has 0 aliphatic carbocycles. The molecular formula is C23H18N6O3S. The minimum absolute atomic E-state index is 0.0466. The van der Waals surface area contributed by atoms with Crippen molar-refractivity contribution in [3.63, 3.8) is 0 Å². The summed E-state index contributed by atoms with van der Waals surface area (Å²) < 4.78 is 29.7. The smallest absolute Gasteiger partial charge is 0.270 e. The first-order chi connectivity index (χ1) is 16.0. The quantitative estimate of drug-likeness (QED) is 0.369. The topological polar surface area (TPSA) is 127 Å². The van der Waals surface area contributed by atoms with Crippen LogP contribution >= 0.6 is 0 Å². The molecule has 0 spiro atoms. The Hall–Kier alpha value is -4.15. The van der Waals surface area contributed by atoms with Gasteiger partial charge in [-0.1, -0.05) is 60.7 Å². The van der Waals surface area contributed by atoms with Crippen molar-refractivity contribution >= 4 is 10.1 Å². The van der Waals surface area contributed by atoms with E-state index in [-0.39, 0.29) is 4.90 Å². The summed E-state index contributed by atoms with van der Waals surface area (Å²) in [6, 6.07) is 23.7. The molecule has 10 heteroatoms. The van der Waals surface area contributed by atoms with E-state index in [0.29, 0.717) is 34.4 Å². The van der Waals surface area contributed by atoms with Gasteiger partial charge in [0.25, 0.3) is 10.1 Å². The van der Waals surface area contributed by atoms with Crippen molar-refractivity contribution < 1.29 is 12.6 Å². The van der Waals surface area contributed by atoms with Crippen LogP contribution < -0.4 is 0 Å². The van der Waals surface area contributed by atoms with Crippen LogP contribution in [0.15, 0.2) is 83.8 Å². The number of benzene rings is 3. The lowest BCUT2D eigenvalue weighted by atomic mass is 10.1. The first-order valence-corrected chi connectivity index (χ1v) is 11.4. The molecule has 0 bridgehead atoms. The van der Waals surface area contributed by atoms with E-state index in [4.69, 9.17) is 4.18 Å². The molecule has 2 heterocycles. The summed E-state index contributed by atoms with van der Waals surface area (Å²) in [4.78, 5) is 9.03. The number of hydrogen-bond acceptors (Lipinski definition) is 7. The van der Waals surface area contributed by atoms with E-state index in [1.54, 1.807) is 6.07 Å². The number of H-pyrrole nitrogens is 2. The molecule has 0 aliphatic rings. The number of aromatic amines is 2. The average molecular weight is 459 g/mol. The Morgan fingerprint density at radius 2 is 1.12 bits per heavy atom. The van der Waals surface area contributed by atoms with Gasteiger partial charge in [-0.3, -0.25) is 14.4 Å². The maximum Gasteiger partial charge on any atom is 0.296 e. The summed E-state index contributed by atoms with van der Waals surface area (Å²) in [5.74, 6) is 1.80. The largest absolute Gasteiger partial charge is 0.296 e. The molecular weight excluding hydrogens is 440 g/mol. The standard InChI is InChI=1S/C23H18N6O3S/c1-32-33(30,31)19-13-17(22-24-20(26-28-22)15-8-4-2-5-9-15)12-18(14-19)23-25-21(27-29-23)16-10-6-3-7-11-16/h2-14H,1H3,(H,24,26,28)(H,25,27,29). The number of hydrogen-bond donors (Lipinski definition) is 2. The molecule has 0 amide bonds. The molecule has 2 aromatic heterocycles. The molecule has 0 aliphatic heterocycles. The van der Waals surface area contributed by atoms with Gasteiger partial charge in [-0.2, -0.15) is 18.6 Å². The fraction of sp³-hybridized carbons (Fsp3) is 0.0435. The maximum atomic E-state index is 12.5. The molecule has 0 fully saturated rings.